The number of rotatable bonds is 8. The second kappa shape index (κ2) is 7.73. The molecule has 3 N–H and O–H groups in total. The van der Waals surface area contributed by atoms with Crippen LogP contribution in [0, 0.1) is 5.92 Å². The average Bonchev–Trinajstić information content (AvgIpc) is 2.42. The Balaban J connectivity index is 2.70. The van der Waals surface area contributed by atoms with Crippen LogP contribution < -0.4 is 15.4 Å². The first-order chi connectivity index (χ1) is 9.06. The molecular weight excluding hydrogens is 246 g/mol. The maximum absolute atomic E-state index is 9.74. The molecule has 1 aromatic heterocycles. The van der Waals surface area contributed by atoms with Crippen LogP contribution in [0.3, 0.4) is 0 Å². The minimum absolute atomic E-state index is 0.175. The second-order valence-corrected chi connectivity index (χ2v) is 4.56. The van der Waals surface area contributed by atoms with Gasteiger partial charge in [-0.05, 0) is 12.3 Å². The molecule has 19 heavy (non-hydrogen) atoms. The number of ether oxygens (including phenoxy) is 1. The molecule has 0 aliphatic carbocycles. The van der Waals surface area contributed by atoms with Gasteiger partial charge in [0.1, 0.15) is 0 Å². The molecular formula is C12H23N5O2. The summed E-state index contributed by atoms with van der Waals surface area (Å²) in [5, 5.41) is 15.6. The van der Waals surface area contributed by atoms with Crippen LogP contribution in [-0.2, 0) is 0 Å². The Labute approximate surface area is 113 Å². The Hall–Kier alpha value is -1.63. The van der Waals surface area contributed by atoms with Gasteiger partial charge in [-0.3, -0.25) is 0 Å². The van der Waals surface area contributed by atoms with Crippen molar-refractivity contribution in [3.05, 3.63) is 0 Å². The van der Waals surface area contributed by atoms with Gasteiger partial charge in [0.2, 0.25) is 11.9 Å². The van der Waals surface area contributed by atoms with Crippen LogP contribution in [0.1, 0.15) is 27.2 Å². The monoisotopic (exact) mass is 269 g/mol. The normalized spacial score (nSPS) is 12.3. The van der Waals surface area contributed by atoms with Crippen LogP contribution in [0.5, 0.6) is 6.01 Å². The van der Waals surface area contributed by atoms with Crippen LogP contribution in [-0.4, -0.2) is 46.4 Å². The van der Waals surface area contributed by atoms with Crippen molar-refractivity contribution in [1.82, 2.24) is 15.0 Å². The van der Waals surface area contributed by atoms with Crippen molar-refractivity contribution >= 4 is 11.9 Å². The Morgan fingerprint density at radius 1 is 1.21 bits per heavy atom. The number of aliphatic hydroxyl groups excluding tert-OH is 1. The summed E-state index contributed by atoms with van der Waals surface area (Å²) >= 11 is 0. The van der Waals surface area contributed by atoms with Crippen LogP contribution in [0.2, 0.25) is 0 Å². The molecule has 0 radical (unpaired) electrons. The van der Waals surface area contributed by atoms with Gasteiger partial charge in [-0.2, -0.15) is 15.0 Å². The van der Waals surface area contributed by atoms with E-state index in [0.717, 1.165) is 6.42 Å². The molecule has 108 valence electrons. The predicted molar refractivity (Wildman–Crippen MR) is 74.5 cm³/mol. The second-order valence-electron chi connectivity index (χ2n) is 4.56. The third-order valence-corrected chi connectivity index (χ3v) is 2.51. The Morgan fingerprint density at radius 3 is 2.47 bits per heavy atom. The van der Waals surface area contributed by atoms with Gasteiger partial charge in [0, 0.05) is 13.6 Å². The maximum Gasteiger partial charge on any atom is 0.323 e. The highest BCUT2D eigenvalue weighted by Crippen LogP contribution is 2.11. The molecule has 1 aromatic rings. The molecule has 1 atom stereocenters. The van der Waals surface area contributed by atoms with E-state index in [9.17, 15) is 5.11 Å². The number of nitrogens with zero attached hydrogens (tertiary/aromatic N) is 3. The van der Waals surface area contributed by atoms with Crippen LogP contribution in [0.25, 0.3) is 0 Å². The third kappa shape index (κ3) is 5.25. The lowest BCUT2D eigenvalue weighted by Crippen LogP contribution is -2.25. The highest BCUT2D eigenvalue weighted by atomic mass is 16.5. The van der Waals surface area contributed by atoms with Crippen molar-refractivity contribution in [2.24, 2.45) is 5.92 Å². The fourth-order valence-corrected chi connectivity index (χ4v) is 1.24. The lowest BCUT2D eigenvalue weighted by atomic mass is 10.1. The van der Waals surface area contributed by atoms with Gasteiger partial charge in [0.15, 0.2) is 0 Å². The van der Waals surface area contributed by atoms with Crippen LogP contribution in [0.4, 0.5) is 11.9 Å². The first-order valence-electron chi connectivity index (χ1n) is 6.55. The van der Waals surface area contributed by atoms with Crippen molar-refractivity contribution in [2.45, 2.75) is 33.3 Å². The summed E-state index contributed by atoms with van der Waals surface area (Å²) in [5.74, 6) is 1.00. The van der Waals surface area contributed by atoms with E-state index in [0.29, 0.717) is 25.0 Å². The van der Waals surface area contributed by atoms with Crippen molar-refractivity contribution in [1.29, 1.82) is 0 Å². The first-order valence-corrected chi connectivity index (χ1v) is 6.55. The molecule has 7 heteroatoms. The van der Waals surface area contributed by atoms with Crippen LogP contribution >= 0.6 is 0 Å². The van der Waals surface area contributed by atoms with Gasteiger partial charge >= 0.3 is 6.01 Å². The van der Waals surface area contributed by atoms with Crippen LogP contribution in [0.15, 0.2) is 0 Å². The number of aliphatic hydroxyl groups is 1. The molecule has 0 spiro atoms. The summed E-state index contributed by atoms with van der Waals surface area (Å²) in [6, 6.07) is 0.280. The molecule has 7 nitrogen and oxygen atoms in total. The maximum atomic E-state index is 9.74. The van der Waals surface area contributed by atoms with Gasteiger partial charge in [0.25, 0.3) is 0 Å². The van der Waals surface area contributed by atoms with Crippen molar-refractivity contribution < 1.29 is 9.84 Å². The van der Waals surface area contributed by atoms with Gasteiger partial charge in [-0.1, -0.05) is 20.8 Å². The Kier molecular flexibility index (Phi) is 6.27. The number of anilines is 2. The molecule has 0 aliphatic rings. The Morgan fingerprint density at radius 2 is 1.89 bits per heavy atom. The lowest BCUT2D eigenvalue weighted by molar-refractivity contribution is 0.137. The van der Waals surface area contributed by atoms with Gasteiger partial charge in [-0.25, -0.2) is 0 Å². The minimum Gasteiger partial charge on any atom is -0.463 e. The molecule has 1 rings (SSSR count). The number of nitrogens with one attached hydrogen (secondary N) is 2. The predicted octanol–water partition coefficient (Wildman–Crippen LogP) is 1.13. The minimum atomic E-state index is -0.449. The highest BCUT2D eigenvalue weighted by Gasteiger charge is 2.11. The third-order valence-electron chi connectivity index (χ3n) is 2.51. The van der Waals surface area contributed by atoms with E-state index in [4.69, 9.17) is 4.74 Å². The van der Waals surface area contributed by atoms with E-state index < -0.39 is 6.10 Å². The van der Waals surface area contributed by atoms with Crippen molar-refractivity contribution in [2.75, 3.05) is 30.8 Å². The topological polar surface area (TPSA) is 92.2 Å². The summed E-state index contributed by atoms with van der Waals surface area (Å²) in [7, 11) is 1.73. The highest BCUT2D eigenvalue weighted by molar-refractivity contribution is 5.35. The molecule has 0 saturated carbocycles. The number of hydrogen-bond donors (Lipinski definition) is 3. The van der Waals surface area contributed by atoms with E-state index in [1.165, 1.54) is 0 Å². The fourth-order valence-electron chi connectivity index (χ4n) is 1.24. The Bertz CT molecular complexity index is 386. The fraction of sp³-hybridized carbons (Fsp3) is 0.750. The molecule has 0 saturated heterocycles. The molecule has 0 aliphatic heterocycles. The summed E-state index contributed by atoms with van der Waals surface area (Å²) in [4.78, 5) is 12.4. The van der Waals surface area contributed by atoms with E-state index in [1.54, 1.807) is 7.05 Å². The number of hydrogen-bond acceptors (Lipinski definition) is 7. The molecule has 0 amide bonds. The summed E-state index contributed by atoms with van der Waals surface area (Å²) in [6.45, 7) is 6.86. The van der Waals surface area contributed by atoms with E-state index in [2.05, 4.69) is 25.6 Å². The van der Waals surface area contributed by atoms with Gasteiger partial charge in [-0.15, -0.1) is 0 Å². The SMILES string of the molecule is CCCOc1nc(NC)nc(NCC(O)C(C)C)n1. The zero-order valence-corrected chi connectivity index (χ0v) is 12.0. The average molecular weight is 269 g/mol. The smallest absolute Gasteiger partial charge is 0.323 e. The standard InChI is InChI=1S/C12H23N5O2/c1-5-6-19-12-16-10(13-4)15-11(17-12)14-7-9(18)8(2)3/h8-9,18H,5-7H2,1-4H3,(H2,13,14,15,16,17). The molecule has 1 unspecified atom stereocenters. The molecule has 0 bridgehead atoms. The van der Waals surface area contributed by atoms with E-state index in [-0.39, 0.29) is 11.9 Å². The molecule has 1 heterocycles. The summed E-state index contributed by atoms with van der Waals surface area (Å²) in [5.41, 5.74) is 0. The van der Waals surface area contributed by atoms with Gasteiger partial charge in [0.05, 0.1) is 12.7 Å². The molecule has 0 fully saturated rings. The zero-order chi connectivity index (χ0) is 14.3. The largest absolute Gasteiger partial charge is 0.463 e. The van der Waals surface area contributed by atoms with E-state index >= 15 is 0 Å². The zero-order valence-electron chi connectivity index (χ0n) is 12.0. The summed E-state index contributed by atoms with van der Waals surface area (Å²) in [6.07, 6.45) is 0.435. The molecule has 0 aromatic carbocycles. The summed E-state index contributed by atoms with van der Waals surface area (Å²) < 4.78 is 5.39. The van der Waals surface area contributed by atoms with Crippen molar-refractivity contribution in [3.63, 3.8) is 0 Å². The van der Waals surface area contributed by atoms with Gasteiger partial charge < -0.3 is 20.5 Å². The number of aromatic nitrogens is 3. The van der Waals surface area contributed by atoms with Crippen molar-refractivity contribution in [3.8, 4) is 6.01 Å². The van der Waals surface area contributed by atoms with E-state index in [1.807, 2.05) is 20.8 Å². The quantitative estimate of drug-likeness (QED) is 0.651. The first kappa shape index (κ1) is 15.4. The lowest BCUT2D eigenvalue weighted by Gasteiger charge is -2.15.